The number of nitrogens with zero attached hydrogens (tertiary/aromatic N) is 1. The summed E-state index contributed by atoms with van der Waals surface area (Å²) in [5.41, 5.74) is 2.33. The highest BCUT2D eigenvalue weighted by Crippen LogP contribution is 2.24. The zero-order valence-corrected chi connectivity index (χ0v) is 19.7. The lowest BCUT2D eigenvalue weighted by molar-refractivity contribution is -0.119. The number of hydrogen-bond acceptors (Lipinski definition) is 8. The van der Waals surface area contributed by atoms with E-state index in [0.717, 1.165) is 16.3 Å². The highest BCUT2D eigenvalue weighted by Gasteiger charge is 2.24. The van der Waals surface area contributed by atoms with Gasteiger partial charge in [0.2, 0.25) is 5.76 Å². The molecule has 0 radical (unpaired) electrons. The van der Waals surface area contributed by atoms with Crippen LogP contribution in [0.1, 0.15) is 21.1 Å². The quantitative estimate of drug-likeness (QED) is 0.358. The molecule has 4 rings (SSSR count). The number of carbonyl (C=O) groups is 2. The third-order valence-electron chi connectivity index (χ3n) is 4.78. The molecule has 1 N–H and O–H groups in total. The third kappa shape index (κ3) is 5.59. The van der Waals surface area contributed by atoms with Crippen LogP contribution in [0.4, 0.5) is 5.69 Å². The number of esters is 1. The number of anilines is 1. The van der Waals surface area contributed by atoms with E-state index in [-0.39, 0.29) is 16.2 Å². The standard InChI is InChI=1S/C24H20N2O6S2/c1-16-25-21(14-33-16)17-6-5-7-19(12-17)26-22(27)13-32-24(28)23-18(10-11-31-23)15-34(29,30)20-8-3-2-4-9-20/h2-12,14H,13,15H2,1H3,(H,26,27). The molecule has 0 saturated heterocycles. The number of carbonyl (C=O) groups excluding carboxylic acids is 2. The number of furan rings is 1. The summed E-state index contributed by atoms with van der Waals surface area (Å²) in [7, 11) is -3.69. The first kappa shape index (κ1) is 23.4. The van der Waals surface area contributed by atoms with Crippen molar-refractivity contribution in [2.75, 3.05) is 11.9 Å². The molecule has 0 atom stereocenters. The number of rotatable bonds is 8. The summed E-state index contributed by atoms with van der Waals surface area (Å²) in [5, 5.41) is 5.53. The van der Waals surface area contributed by atoms with Crippen LogP contribution >= 0.6 is 11.3 Å². The van der Waals surface area contributed by atoms with Crippen molar-refractivity contribution in [3.63, 3.8) is 0 Å². The van der Waals surface area contributed by atoms with Crippen molar-refractivity contribution in [2.45, 2.75) is 17.6 Å². The van der Waals surface area contributed by atoms with E-state index in [1.54, 1.807) is 36.4 Å². The molecule has 2 aromatic heterocycles. The van der Waals surface area contributed by atoms with E-state index in [2.05, 4.69) is 10.3 Å². The summed E-state index contributed by atoms with van der Waals surface area (Å²) in [6.07, 6.45) is 1.21. The lowest BCUT2D eigenvalue weighted by Crippen LogP contribution is -2.21. The molecule has 34 heavy (non-hydrogen) atoms. The lowest BCUT2D eigenvalue weighted by atomic mass is 10.1. The maximum absolute atomic E-state index is 12.6. The summed E-state index contributed by atoms with van der Waals surface area (Å²) in [5.74, 6) is -2.17. The van der Waals surface area contributed by atoms with Gasteiger partial charge in [-0.05, 0) is 37.3 Å². The van der Waals surface area contributed by atoms with Gasteiger partial charge in [-0.15, -0.1) is 11.3 Å². The number of sulfone groups is 1. The molecule has 0 saturated carbocycles. The van der Waals surface area contributed by atoms with E-state index < -0.39 is 34.1 Å². The molecule has 0 spiro atoms. The molecule has 4 aromatic rings. The van der Waals surface area contributed by atoms with Gasteiger partial charge in [0, 0.05) is 22.2 Å². The largest absolute Gasteiger partial charge is 0.457 e. The van der Waals surface area contributed by atoms with Gasteiger partial charge in [0.15, 0.2) is 16.4 Å². The molecule has 0 unspecified atom stereocenters. The number of ether oxygens (including phenoxy) is 1. The fraction of sp³-hybridized carbons (Fsp3) is 0.125. The Morgan fingerprint density at radius 2 is 1.88 bits per heavy atom. The fourth-order valence-electron chi connectivity index (χ4n) is 3.19. The van der Waals surface area contributed by atoms with Crippen LogP contribution in [0.25, 0.3) is 11.3 Å². The first-order valence-electron chi connectivity index (χ1n) is 10.2. The number of aryl methyl sites for hydroxylation is 1. The first-order chi connectivity index (χ1) is 16.3. The van der Waals surface area contributed by atoms with Gasteiger partial charge in [-0.25, -0.2) is 18.2 Å². The van der Waals surface area contributed by atoms with Gasteiger partial charge >= 0.3 is 5.97 Å². The minimum Gasteiger partial charge on any atom is -0.457 e. The minimum absolute atomic E-state index is 0.130. The second kappa shape index (κ2) is 10.0. The average Bonchev–Trinajstić information content (AvgIpc) is 3.47. The normalized spacial score (nSPS) is 11.2. The number of thiazole rings is 1. The number of hydrogen-bond donors (Lipinski definition) is 1. The maximum Gasteiger partial charge on any atom is 0.375 e. The highest BCUT2D eigenvalue weighted by atomic mass is 32.2. The van der Waals surface area contributed by atoms with Gasteiger partial charge in [0.1, 0.15) is 0 Å². The number of aromatic nitrogens is 1. The molecular formula is C24H20N2O6S2. The van der Waals surface area contributed by atoms with Crippen LogP contribution in [0, 0.1) is 6.92 Å². The molecular weight excluding hydrogens is 476 g/mol. The molecule has 0 fully saturated rings. The molecule has 1 amide bonds. The van der Waals surface area contributed by atoms with Crippen LogP contribution < -0.4 is 5.32 Å². The van der Waals surface area contributed by atoms with Gasteiger partial charge < -0.3 is 14.5 Å². The molecule has 0 aliphatic heterocycles. The molecule has 10 heteroatoms. The maximum atomic E-state index is 12.6. The smallest absolute Gasteiger partial charge is 0.375 e. The Morgan fingerprint density at radius 1 is 1.09 bits per heavy atom. The Bertz CT molecular complexity index is 1420. The molecule has 8 nitrogen and oxygen atoms in total. The van der Waals surface area contributed by atoms with E-state index in [9.17, 15) is 18.0 Å². The Hall–Kier alpha value is -3.76. The van der Waals surface area contributed by atoms with E-state index in [4.69, 9.17) is 9.15 Å². The van der Waals surface area contributed by atoms with Crippen LogP contribution in [0.3, 0.4) is 0 Å². The van der Waals surface area contributed by atoms with Crippen molar-refractivity contribution in [1.29, 1.82) is 0 Å². The molecule has 0 aliphatic carbocycles. The molecule has 2 aromatic carbocycles. The zero-order chi connectivity index (χ0) is 24.1. The molecule has 0 aliphatic rings. The number of benzene rings is 2. The summed E-state index contributed by atoms with van der Waals surface area (Å²) < 4.78 is 35.4. The molecule has 174 valence electrons. The van der Waals surface area contributed by atoms with Crippen LogP contribution in [0.5, 0.6) is 0 Å². The Morgan fingerprint density at radius 3 is 2.62 bits per heavy atom. The van der Waals surface area contributed by atoms with Crippen LogP contribution in [0.2, 0.25) is 0 Å². The van der Waals surface area contributed by atoms with Crippen LogP contribution in [-0.2, 0) is 25.1 Å². The van der Waals surface area contributed by atoms with Crippen molar-refractivity contribution >= 4 is 38.7 Å². The van der Waals surface area contributed by atoms with Gasteiger partial charge in [0.05, 0.1) is 27.6 Å². The zero-order valence-electron chi connectivity index (χ0n) is 18.1. The van der Waals surface area contributed by atoms with Crippen molar-refractivity contribution in [3.05, 3.63) is 88.6 Å². The highest BCUT2D eigenvalue weighted by molar-refractivity contribution is 7.90. The lowest BCUT2D eigenvalue weighted by Gasteiger charge is -2.08. The Balaban J connectivity index is 1.37. The summed E-state index contributed by atoms with van der Waals surface area (Å²) in [6.45, 7) is 1.35. The SMILES string of the molecule is Cc1nc(-c2cccc(NC(=O)COC(=O)c3occc3CS(=O)(=O)c3ccccc3)c2)cs1. The van der Waals surface area contributed by atoms with Gasteiger partial charge in [-0.1, -0.05) is 30.3 Å². The number of amides is 1. The van der Waals surface area contributed by atoms with Crippen LogP contribution in [-0.4, -0.2) is 31.9 Å². The van der Waals surface area contributed by atoms with Gasteiger partial charge in [0.25, 0.3) is 5.91 Å². The predicted octanol–water partition coefficient (Wildman–Crippen LogP) is 4.48. The van der Waals surface area contributed by atoms with Crippen molar-refractivity contribution in [3.8, 4) is 11.3 Å². The van der Waals surface area contributed by atoms with Crippen molar-refractivity contribution < 1.29 is 27.2 Å². The van der Waals surface area contributed by atoms with Gasteiger partial charge in [-0.3, -0.25) is 4.79 Å². The van der Waals surface area contributed by atoms with Crippen molar-refractivity contribution in [2.24, 2.45) is 0 Å². The van der Waals surface area contributed by atoms with Crippen LogP contribution in [0.15, 0.2) is 81.6 Å². The topological polar surface area (TPSA) is 116 Å². The predicted molar refractivity (Wildman–Crippen MR) is 127 cm³/mol. The average molecular weight is 497 g/mol. The van der Waals surface area contributed by atoms with E-state index in [1.165, 1.54) is 35.8 Å². The summed E-state index contributed by atoms with van der Waals surface area (Å²) in [4.78, 5) is 29.3. The summed E-state index contributed by atoms with van der Waals surface area (Å²) in [6, 6.07) is 16.4. The molecule has 2 heterocycles. The third-order valence-corrected chi connectivity index (χ3v) is 7.23. The van der Waals surface area contributed by atoms with E-state index in [1.807, 2.05) is 18.4 Å². The van der Waals surface area contributed by atoms with Crippen molar-refractivity contribution in [1.82, 2.24) is 4.98 Å². The number of nitrogens with one attached hydrogen (secondary N) is 1. The Labute approximate surface area is 200 Å². The first-order valence-corrected chi connectivity index (χ1v) is 12.7. The second-order valence-corrected chi connectivity index (χ2v) is 10.4. The van der Waals surface area contributed by atoms with Gasteiger partial charge in [-0.2, -0.15) is 0 Å². The second-order valence-electron chi connectivity index (χ2n) is 7.30. The molecule has 0 bridgehead atoms. The fourth-order valence-corrected chi connectivity index (χ4v) is 5.19. The van der Waals surface area contributed by atoms with E-state index in [0.29, 0.717) is 5.69 Å². The minimum atomic E-state index is -3.69. The summed E-state index contributed by atoms with van der Waals surface area (Å²) >= 11 is 1.53. The van der Waals surface area contributed by atoms with E-state index >= 15 is 0 Å². The monoisotopic (exact) mass is 496 g/mol. The Kier molecular flexibility index (Phi) is 6.90.